The summed E-state index contributed by atoms with van der Waals surface area (Å²) in [6.45, 7) is 1.64. The number of ether oxygens (including phenoxy) is 3. The van der Waals surface area contributed by atoms with E-state index < -0.39 is 0 Å². The summed E-state index contributed by atoms with van der Waals surface area (Å²) in [6.07, 6.45) is 6.47. The molecule has 1 N–H and O–H groups in total. The Labute approximate surface area is 147 Å². The highest BCUT2D eigenvalue weighted by molar-refractivity contribution is 5.63. The lowest BCUT2D eigenvalue weighted by molar-refractivity contribution is 0.0134. The minimum absolute atomic E-state index is 0.336. The Hall–Kier alpha value is -2.41. The number of rotatable bonds is 7. The van der Waals surface area contributed by atoms with Gasteiger partial charge in [-0.3, -0.25) is 0 Å². The third-order valence-corrected chi connectivity index (χ3v) is 4.26. The van der Waals surface area contributed by atoms with Crippen LogP contribution in [0.1, 0.15) is 25.7 Å². The van der Waals surface area contributed by atoms with Gasteiger partial charge in [-0.15, -0.1) is 5.10 Å². The molecule has 0 aliphatic carbocycles. The van der Waals surface area contributed by atoms with Crippen molar-refractivity contribution in [3.63, 3.8) is 0 Å². The van der Waals surface area contributed by atoms with Crippen LogP contribution in [0.2, 0.25) is 0 Å². The predicted octanol–water partition coefficient (Wildman–Crippen LogP) is 2.93. The van der Waals surface area contributed by atoms with Crippen LogP contribution >= 0.6 is 0 Å². The summed E-state index contributed by atoms with van der Waals surface area (Å²) in [5.74, 6) is 1.85. The number of nitrogens with one attached hydrogen (secondary N) is 1. The molecule has 0 amide bonds. The summed E-state index contributed by atoms with van der Waals surface area (Å²) in [5, 5.41) is 11.3. The zero-order valence-corrected chi connectivity index (χ0v) is 14.7. The van der Waals surface area contributed by atoms with Gasteiger partial charge in [-0.2, -0.15) is 5.10 Å². The Morgan fingerprint density at radius 1 is 1.20 bits per heavy atom. The second-order valence-corrected chi connectivity index (χ2v) is 5.94. The van der Waals surface area contributed by atoms with Crippen molar-refractivity contribution in [3.8, 4) is 22.8 Å². The van der Waals surface area contributed by atoms with Crippen LogP contribution in [0.15, 0.2) is 24.4 Å². The number of hydrogen-bond acceptors (Lipinski definition) is 7. The maximum Gasteiger partial charge on any atom is 0.243 e. The fourth-order valence-electron chi connectivity index (χ4n) is 2.89. The first kappa shape index (κ1) is 17.4. The minimum Gasteiger partial charge on any atom is -0.493 e. The Balaban J connectivity index is 1.64. The van der Waals surface area contributed by atoms with Crippen LogP contribution in [0.5, 0.6) is 11.5 Å². The van der Waals surface area contributed by atoms with Gasteiger partial charge >= 0.3 is 0 Å². The number of methoxy groups -OCH3 is 2. The first-order chi connectivity index (χ1) is 12.3. The van der Waals surface area contributed by atoms with Crippen molar-refractivity contribution < 1.29 is 14.2 Å². The molecule has 0 bridgehead atoms. The summed E-state index contributed by atoms with van der Waals surface area (Å²) in [4.78, 5) is 4.53. The van der Waals surface area contributed by atoms with Crippen LogP contribution < -0.4 is 14.8 Å². The largest absolute Gasteiger partial charge is 0.493 e. The molecule has 1 aliphatic heterocycles. The fourth-order valence-corrected chi connectivity index (χ4v) is 2.89. The van der Waals surface area contributed by atoms with E-state index in [1.807, 2.05) is 18.2 Å². The molecule has 1 fully saturated rings. The molecule has 2 heterocycles. The SMILES string of the molecule is COc1ccc(-c2cnnc(NCCC3CCCCO3)n2)cc1OC. The predicted molar refractivity (Wildman–Crippen MR) is 95.1 cm³/mol. The molecule has 1 aromatic heterocycles. The first-order valence-corrected chi connectivity index (χ1v) is 8.57. The number of aromatic nitrogens is 3. The molecule has 25 heavy (non-hydrogen) atoms. The van der Waals surface area contributed by atoms with Crippen LogP contribution in [0.3, 0.4) is 0 Å². The second kappa shape index (κ2) is 8.62. The van der Waals surface area contributed by atoms with Gasteiger partial charge in [-0.25, -0.2) is 4.98 Å². The van der Waals surface area contributed by atoms with Gasteiger partial charge in [0.05, 0.1) is 32.2 Å². The lowest BCUT2D eigenvalue weighted by Crippen LogP contribution is -2.22. The van der Waals surface area contributed by atoms with Gasteiger partial charge in [-0.05, 0) is 43.9 Å². The number of anilines is 1. The zero-order valence-electron chi connectivity index (χ0n) is 14.7. The summed E-state index contributed by atoms with van der Waals surface area (Å²) < 4.78 is 16.3. The van der Waals surface area contributed by atoms with Gasteiger partial charge < -0.3 is 19.5 Å². The molecular formula is C18H24N4O3. The van der Waals surface area contributed by atoms with Crippen LogP contribution in [0.4, 0.5) is 5.95 Å². The van der Waals surface area contributed by atoms with E-state index in [-0.39, 0.29) is 0 Å². The van der Waals surface area contributed by atoms with Gasteiger partial charge in [0.2, 0.25) is 5.95 Å². The van der Waals surface area contributed by atoms with Gasteiger partial charge in [0.1, 0.15) is 0 Å². The molecule has 3 rings (SSSR count). The molecular weight excluding hydrogens is 320 g/mol. The van der Waals surface area contributed by atoms with E-state index in [1.165, 1.54) is 12.8 Å². The third kappa shape index (κ3) is 4.57. The summed E-state index contributed by atoms with van der Waals surface area (Å²) in [6, 6.07) is 5.65. The van der Waals surface area contributed by atoms with Crippen molar-refractivity contribution >= 4 is 5.95 Å². The minimum atomic E-state index is 0.336. The van der Waals surface area contributed by atoms with Crippen molar-refractivity contribution in [2.75, 3.05) is 32.7 Å². The summed E-state index contributed by atoms with van der Waals surface area (Å²) >= 11 is 0. The number of hydrogen-bond donors (Lipinski definition) is 1. The van der Waals surface area contributed by atoms with Gasteiger partial charge in [0.15, 0.2) is 11.5 Å². The van der Waals surface area contributed by atoms with Gasteiger partial charge in [0, 0.05) is 18.7 Å². The van der Waals surface area contributed by atoms with Crippen molar-refractivity contribution in [2.45, 2.75) is 31.8 Å². The van der Waals surface area contributed by atoms with Crippen LogP contribution in [0.25, 0.3) is 11.3 Å². The monoisotopic (exact) mass is 344 g/mol. The average Bonchev–Trinajstić information content (AvgIpc) is 2.68. The Morgan fingerprint density at radius 2 is 2.08 bits per heavy atom. The van der Waals surface area contributed by atoms with Crippen LogP contribution in [-0.4, -0.2) is 48.7 Å². The van der Waals surface area contributed by atoms with Crippen molar-refractivity contribution in [1.82, 2.24) is 15.2 Å². The number of nitrogens with zero attached hydrogens (tertiary/aromatic N) is 3. The van der Waals surface area contributed by atoms with Crippen molar-refractivity contribution in [3.05, 3.63) is 24.4 Å². The van der Waals surface area contributed by atoms with Gasteiger partial charge in [-0.1, -0.05) is 0 Å². The van der Waals surface area contributed by atoms with E-state index in [4.69, 9.17) is 14.2 Å². The molecule has 1 aromatic carbocycles. The maximum absolute atomic E-state index is 5.73. The molecule has 7 heteroatoms. The summed E-state index contributed by atoms with van der Waals surface area (Å²) in [7, 11) is 3.22. The van der Waals surface area contributed by atoms with E-state index in [1.54, 1.807) is 20.4 Å². The molecule has 0 saturated carbocycles. The Morgan fingerprint density at radius 3 is 2.84 bits per heavy atom. The molecule has 0 spiro atoms. The first-order valence-electron chi connectivity index (χ1n) is 8.57. The fraction of sp³-hybridized carbons (Fsp3) is 0.500. The van der Waals surface area contributed by atoms with E-state index in [9.17, 15) is 0 Å². The summed E-state index contributed by atoms with van der Waals surface area (Å²) in [5.41, 5.74) is 1.62. The third-order valence-electron chi connectivity index (χ3n) is 4.26. The van der Waals surface area contributed by atoms with E-state index in [2.05, 4.69) is 20.5 Å². The maximum atomic E-state index is 5.73. The topological polar surface area (TPSA) is 78.4 Å². The lowest BCUT2D eigenvalue weighted by Gasteiger charge is -2.22. The molecule has 2 aromatic rings. The quantitative estimate of drug-likeness (QED) is 0.827. The lowest BCUT2D eigenvalue weighted by atomic mass is 10.1. The Bertz CT molecular complexity index is 690. The smallest absolute Gasteiger partial charge is 0.243 e. The molecule has 134 valence electrons. The van der Waals surface area contributed by atoms with E-state index in [0.29, 0.717) is 23.6 Å². The van der Waals surface area contributed by atoms with Crippen LogP contribution in [-0.2, 0) is 4.74 Å². The highest BCUT2D eigenvalue weighted by Gasteiger charge is 2.13. The molecule has 1 atom stereocenters. The molecule has 1 unspecified atom stereocenters. The molecule has 1 saturated heterocycles. The molecule has 7 nitrogen and oxygen atoms in total. The van der Waals surface area contributed by atoms with Crippen LogP contribution in [0, 0.1) is 0 Å². The normalized spacial score (nSPS) is 17.1. The van der Waals surface area contributed by atoms with Crippen molar-refractivity contribution in [2.24, 2.45) is 0 Å². The van der Waals surface area contributed by atoms with Crippen molar-refractivity contribution in [1.29, 1.82) is 0 Å². The standard InChI is InChI=1S/C18H24N4O3/c1-23-16-7-6-13(11-17(16)24-2)15-12-20-22-18(21-15)19-9-8-14-5-3-4-10-25-14/h6-7,11-12,14H,3-5,8-10H2,1-2H3,(H,19,21,22). The van der Waals surface area contributed by atoms with E-state index in [0.717, 1.165) is 37.3 Å². The van der Waals surface area contributed by atoms with E-state index >= 15 is 0 Å². The van der Waals surface area contributed by atoms with Gasteiger partial charge in [0.25, 0.3) is 0 Å². The average molecular weight is 344 g/mol. The molecule has 1 aliphatic rings. The highest BCUT2D eigenvalue weighted by Crippen LogP contribution is 2.31. The second-order valence-electron chi connectivity index (χ2n) is 5.94. The highest BCUT2D eigenvalue weighted by atomic mass is 16.5. The Kier molecular flexibility index (Phi) is 6.00. The molecule has 0 radical (unpaired) electrons. The number of benzene rings is 1. The zero-order chi connectivity index (χ0) is 17.5.